The summed E-state index contributed by atoms with van der Waals surface area (Å²) >= 11 is 0. The number of benzene rings is 1. The van der Waals surface area contributed by atoms with Crippen LogP contribution in [0.2, 0.25) is 0 Å². The Morgan fingerprint density at radius 2 is 1.70 bits per heavy atom. The zero-order valence-electron chi connectivity index (χ0n) is 16.3. The quantitative estimate of drug-likeness (QED) is 0.823. The van der Waals surface area contributed by atoms with Crippen LogP contribution in [0.5, 0.6) is 0 Å². The lowest BCUT2D eigenvalue weighted by Gasteiger charge is -2.40. The minimum Gasteiger partial charge on any atom is -0.379 e. The largest absolute Gasteiger partial charge is 0.379 e. The van der Waals surface area contributed by atoms with Gasteiger partial charge in [-0.25, -0.2) is 9.07 Å². The minimum atomic E-state index is -0.222. The van der Waals surface area contributed by atoms with E-state index in [1.165, 1.54) is 30.7 Å². The lowest BCUT2D eigenvalue weighted by molar-refractivity contribution is 0.0115. The number of hydrogen-bond acceptors (Lipinski definition) is 4. The Bertz CT molecular complexity index is 744. The third-order valence-corrected chi connectivity index (χ3v) is 5.73. The zero-order valence-corrected chi connectivity index (χ0v) is 16.3. The molecule has 2 saturated heterocycles. The molecule has 1 aromatic carbocycles. The van der Waals surface area contributed by atoms with Gasteiger partial charge >= 0.3 is 0 Å². The first-order chi connectivity index (χ1) is 13.1. The topological polar surface area (TPSA) is 33.5 Å². The molecule has 27 heavy (non-hydrogen) atoms. The van der Waals surface area contributed by atoms with Gasteiger partial charge in [0, 0.05) is 32.2 Å². The van der Waals surface area contributed by atoms with Crippen molar-refractivity contribution in [1.82, 2.24) is 14.7 Å². The number of piperidine rings is 1. The molecule has 0 saturated carbocycles. The second kappa shape index (κ2) is 7.98. The molecule has 5 nitrogen and oxygen atoms in total. The molecule has 0 bridgehead atoms. The average molecular weight is 372 g/mol. The van der Waals surface area contributed by atoms with Crippen LogP contribution in [-0.2, 0) is 4.74 Å². The number of ether oxygens (including phenoxy) is 1. The molecule has 0 unspecified atom stereocenters. The predicted octanol–water partition coefficient (Wildman–Crippen LogP) is 3.44. The summed E-state index contributed by atoms with van der Waals surface area (Å²) in [5, 5.41) is 4.82. The molecule has 1 aromatic heterocycles. The maximum atomic E-state index is 13.2. The summed E-state index contributed by atoms with van der Waals surface area (Å²) in [7, 11) is 0. The molecule has 3 heterocycles. The summed E-state index contributed by atoms with van der Waals surface area (Å²) in [5.74, 6) is 0.124. The molecule has 0 atom stereocenters. The summed E-state index contributed by atoms with van der Waals surface area (Å²) < 4.78 is 20.6. The highest BCUT2D eigenvalue weighted by molar-refractivity contribution is 5.53. The number of rotatable bonds is 4. The Balaban J connectivity index is 1.50. The normalized spacial score (nSPS) is 19.8. The third-order valence-electron chi connectivity index (χ3n) is 5.73. The molecule has 0 amide bonds. The maximum absolute atomic E-state index is 13.2. The van der Waals surface area contributed by atoms with Crippen LogP contribution in [0.25, 0.3) is 5.69 Å². The summed E-state index contributed by atoms with van der Waals surface area (Å²) in [4.78, 5) is 5.06. The van der Waals surface area contributed by atoms with Crippen molar-refractivity contribution in [3.63, 3.8) is 0 Å². The van der Waals surface area contributed by atoms with Crippen LogP contribution in [0.1, 0.15) is 38.3 Å². The number of halogens is 1. The van der Waals surface area contributed by atoms with Crippen molar-refractivity contribution in [3.05, 3.63) is 42.0 Å². The second-order valence-electron chi connectivity index (χ2n) is 7.84. The molecule has 0 aliphatic carbocycles. The fourth-order valence-electron chi connectivity index (χ4n) is 4.17. The van der Waals surface area contributed by atoms with Gasteiger partial charge in [-0.3, -0.25) is 4.90 Å². The highest BCUT2D eigenvalue weighted by Gasteiger charge is 2.28. The summed E-state index contributed by atoms with van der Waals surface area (Å²) in [5.41, 5.74) is 3.23. The Kier molecular flexibility index (Phi) is 5.45. The molecular weight excluding hydrogens is 343 g/mol. The highest BCUT2D eigenvalue weighted by Crippen LogP contribution is 2.31. The molecule has 2 aromatic rings. The van der Waals surface area contributed by atoms with Gasteiger partial charge in [0.1, 0.15) is 5.82 Å². The van der Waals surface area contributed by atoms with Crippen LogP contribution in [0.3, 0.4) is 0 Å². The molecule has 6 heteroatoms. The van der Waals surface area contributed by atoms with Gasteiger partial charge in [-0.1, -0.05) is 13.8 Å². The molecule has 2 aliphatic heterocycles. The highest BCUT2D eigenvalue weighted by atomic mass is 19.1. The molecule has 2 fully saturated rings. The number of anilines is 1. The van der Waals surface area contributed by atoms with E-state index in [1.54, 1.807) is 12.1 Å². The van der Waals surface area contributed by atoms with E-state index in [9.17, 15) is 4.39 Å². The fourth-order valence-corrected chi connectivity index (χ4v) is 4.17. The van der Waals surface area contributed by atoms with E-state index >= 15 is 0 Å². The van der Waals surface area contributed by atoms with E-state index in [-0.39, 0.29) is 5.82 Å². The van der Waals surface area contributed by atoms with E-state index in [0.717, 1.165) is 50.8 Å². The third kappa shape index (κ3) is 4.01. The van der Waals surface area contributed by atoms with E-state index in [4.69, 9.17) is 9.84 Å². The van der Waals surface area contributed by atoms with E-state index < -0.39 is 0 Å². The first kappa shape index (κ1) is 18.4. The molecule has 146 valence electrons. The van der Waals surface area contributed by atoms with E-state index in [2.05, 4.69) is 29.8 Å². The summed E-state index contributed by atoms with van der Waals surface area (Å²) in [6, 6.07) is 7.20. The van der Waals surface area contributed by atoms with Crippen molar-refractivity contribution in [3.8, 4) is 5.69 Å². The summed E-state index contributed by atoms with van der Waals surface area (Å²) in [6.07, 6.45) is 4.47. The lowest BCUT2D eigenvalue weighted by atomic mass is 10.0. The molecule has 0 spiro atoms. The van der Waals surface area contributed by atoms with Crippen LogP contribution in [0.15, 0.2) is 30.5 Å². The van der Waals surface area contributed by atoms with Gasteiger partial charge in [0.05, 0.1) is 36.5 Å². The van der Waals surface area contributed by atoms with Gasteiger partial charge in [-0.2, -0.15) is 5.10 Å². The number of hydrogen-bond donors (Lipinski definition) is 0. The first-order valence-electron chi connectivity index (χ1n) is 10.0. The SMILES string of the molecule is CC(C)c1nn(-c2ccc(F)cc2)cc1N1CCC(N2CCOCC2)CC1. The van der Waals surface area contributed by atoms with Crippen LogP contribution in [-0.4, -0.2) is 60.1 Å². The van der Waals surface area contributed by atoms with E-state index in [0.29, 0.717) is 12.0 Å². The Morgan fingerprint density at radius 3 is 2.33 bits per heavy atom. The standard InChI is InChI=1S/C21H29FN4O/c1-16(2)21-20(15-26(23-21)19-5-3-17(22)4-6-19)25-9-7-18(8-10-25)24-11-13-27-14-12-24/h3-6,15-16,18H,7-14H2,1-2H3. The second-order valence-corrected chi connectivity index (χ2v) is 7.84. The van der Waals surface area contributed by atoms with Crippen molar-refractivity contribution in [2.75, 3.05) is 44.3 Å². The van der Waals surface area contributed by atoms with Gasteiger partial charge in [0.2, 0.25) is 0 Å². The molecular formula is C21H29FN4O. The van der Waals surface area contributed by atoms with Crippen molar-refractivity contribution in [1.29, 1.82) is 0 Å². The van der Waals surface area contributed by atoms with Crippen LogP contribution in [0.4, 0.5) is 10.1 Å². The molecule has 4 rings (SSSR count). The van der Waals surface area contributed by atoms with Crippen molar-refractivity contribution in [2.24, 2.45) is 0 Å². The summed E-state index contributed by atoms with van der Waals surface area (Å²) in [6.45, 7) is 10.3. The van der Waals surface area contributed by atoms with Gasteiger partial charge in [-0.05, 0) is 43.0 Å². The first-order valence-corrected chi connectivity index (χ1v) is 10.0. The van der Waals surface area contributed by atoms with Gasteiger partial charge < -0.3 is 9.64 Å². The molecule has 2 aliphatic rings. The monoisotopic (exact) mass is 372 g/mol. The average Bonchev–Trinajstić information content (AvgIpc) is 3.15. The Labute approximate surface area is 160 Å². The number of aromatic nitrogens is 2. The number of nitrogens with zero attached hydrogens (tertiary/aromatic N) is 4. The van der Waals surface area contributed by atoms with Crippen molar-refractivity contribution >= 4 is 5.69 Å². The van der Waals surface area contributed by atoms with Crippen LogP contribution >= 0.6 is 0 Å². The van der Waals surface area contributed by atoms with Gasteiger partial charge in [0.15, 0.2) is 0 Å². The maximum Gasteiger partial charge on any atom is 0.123 e. The van der Waals surface area contributed by atoms with Gasteiger partial charge in [-0.15, -0.1) is 0 Å². The zero-order chi connectivity index (χ0) is 18.8. The molecule has 0 radical (unpaired) electrons. The van der Waals surface area contributed by atoms with Gasteiger partial charge in [0.25, 0.3) is 0 Å². The lowest BCUT2D eigenvalue weighted by Crippen LogP contribution is -2.49. The smallest absolute Gasteiger partial charge is 0.123 e. The van der Waals surface area contributed by atoms with Crippen LogP contribution in [0, 0.1) is 5.82 Å². The number of morpholine rings is 1. The Hall–Kier alpha value is -1.92. The molecule has 0 N–H and O–H groups in total. The van der Waals surface area contributed by atoms with Crippen molar-refractivity contribution < 1.29 is 9.13 Å². The van der Waals surface area contributed by atoms with Crippen molar-refractivity contribution in [2.45, 2.75) is 38.6 Å². The minimum absolute atomic E-state index is 0.222. The fraction of sp³-hybridized carbons (Fsp3) is 0.571. The Morgan fingerprint density at radius 1 is 1.04 bits per heavy atom. The predicted molar refractivity (Wildman–Crippen MR) is 105 cm³/mol. The van der Waals surface area contributed by atoms with E-state index in [1.807, 2.05) is 4.68 Å². The van der Waals surface area contributed by atoms with Crippen LogP contribution < -0.4 is 4.90 Å².